The number of sulfonamides is 1. The average Bonchev–Trinajstić information content (AvgIpc) is 2.10. The molecule has 0 heterocycles. The molecule has 0 fully saturated rings. The summed E-state index contributed by atoms with van der Waals surface area (Å²) in [6.45, 7) is 5.73. The lowest BCUT2D eigenvalue weighted by molar-refractivity contribution is 0.317. The first-order valence-corrected chi connectivity index (χ1v) is 6.25. The Morgan fingerprint density at radius 3 is 2.40 bits per heavy atom. The summed E-state index contributed by atoms with van der Waals surface area (Å²) < 4.78 is 25.0. The smallest absolute Gasteiger partial charge is 0.212 e. The topological polar surface area (TPSA) is 105 Å². The van der Waals surface area contributed by atoms with E-state index in [2.05, 4.69) is 9.88 Å². The molecule has 0 spiro atoms. The van der Waals surface area contributed by atoms with E-state index in [1.807, 2.05) is 20.8 Å². The van der Waals surface area contributed by atoms with Gasteiger partial charge in [0, 0.05) is 0 Å². The van der Waals surface area contributed by atoms with Crippen LogP contribution in [0.15, 0.2) is 5.16 Å². The van der Waals surface area contributed by atoms with Gasteiger partial charge in [0.2, 0.25) is 10.0 Å². The number of hydrogen-bond donors (Lipinski definition) is 3. The zero-order chi connectivity index (χ0) is 12.1. The van der Waals surface area contributed by atoms with Gasteiger partial charge in [-0.2, -0.15) is 0 Å². The third-order valence-electron chi connectivity index (χ3n) is 1.72. The Kier molecular flexibility index (Phi) is 5.02. The first-order valence-electron chi connectivity index (χ1n) is 4.60. The lowest BCUT2D eigenvalue weighted by Gasteiger charge is -2.17. The summed E-state index contributed by atoms with van der Waals surface area (Å²) >= 11 is 0. The van der Waals surface area contributed by atoms with Crippen LogP contribution in [-0.4, -0.2) is 31.8 Å². The molecular weight excluding hydrogens is 218 g/mol. The molecule has 0 aliphatic heterocycles. The quantitative estimate of drug-likeness (QED) is 0.273. The van der Waals surface area contributed by atoms with E-state index in [4.69, 9.17) is 10.9 Å². The average molecular weight is 237 g/mol. The molecule has 0 amide bonds. The lowest BCUT2D eigenvalue weighted by atomic mass is 9.94. The minimum absolute atomic E-state index is 0.0363. The van der Waals surface area contributed by atoms with Gasteiger partial charge in [0.1, 0.15) is 0 Å². The fourth-order valence-corrected chi connectivity index (χ4v) is 2.13. The minimum atomic E-state index is -3.34. The van der Waals surface area contributed by atoms with Crippen LogP contribution in [0.25, 0.3) is 0 Å². The fourth-order valence-electron chi connectivity index (χ4n) is 0.732. The van der Waals surface area contributed by atoms with Crippen molar-refractivity contribution in [3.8, 4) is 0 Å². The van der Waals surface area contributed by atoms with Gasteiger partial charge in [-0.1, -0.05) is 25.9 Å². The van der Waals surface area contributed by atoms with Crippen LogP contribution in [0.3, 0.4) is 0 Å². The Bertz CT molecular complexity index is 317. The normalized spacial score (nSPS) is 14.2. The van der Waals surface area contributed by atoms with E-state index in [0.29, 0.717) is 6.42 Å². The number of nitrogens with one attached hydrogen (secondary N) is 1. The highest BCUT2D eigenvalue weighted by Gasteiger charge is 2.17. The van der Waals surface area contributed by atoms with Crippen molar-refractivity contribution >= 4 is 15.9 Å². The zero-order valence-corrected chi connectivity index (χ0v) is 10.1. The molecule has 4 N–H and O–H groups in total. The van der Waals surface area contributed by atoms with Gasteiger partial charge in [0.05, 0.1) is 12.3 Å². The number of amidine groups is 1. The molecule has 0 radical (unpaired) electrons. The van der Waals surface area contributed by atoms with Crippen LogP contribution in [-0.2, 0) is 10.0 Å². The molecule has 6 nitrogen and oxygen atoms in total. The Morgan fingerprint density at radius 1 is 1.47 bits per heavy atom. The van der Waals surface area contributed by atoms with Gasteiger partial charge in [0.15, 0.2) is 5.84 Å². The van der Waals surface area contributed by atoms with Gasteiger partial charge in [0.25, 0.3) is 0 Å². The Labute approximate surface area is 90.6 Å². The molecule has 15 heavy (non-hydrogen) atoms. The standard InChI is InChI=1S/C8H19N3O3S/c1-8(2,3)4-5-15(13,14)10-6-7(9)11-12/h10,12H,4-6H2,1-3H3,(H2,9,11). The third-order valence-corrected chi connectivity index (χ3v) is 3.05. The summed E-state index contributed by atoms with van der Waals surface area (Å²) in [6, 6.07) is 0. The van der Waals surface area contributed by atoms with Gasteiger partial charge in [-0.15, -0.1) is 0 Å². The largest absolute Gasteiger partial charge is 0.409 e. The van der Waals surface area contributed by atoms with Crippen molar-refractivity contribution in [2.24, 2.45) is 16.3 Å². The summed E-state index contributed by atoms with van der Waals surface area (Å²) in [7, 11) is -3.34. The van der Waals surface area contributed by atoms with Crippen LogP contribution in [0.4, 0.5) is 0 Å². The van der Waals surface area contributed by atoms with Crippen molar-refractivity contribution in [1.29, 1.82) is 0 Å². The number of rotatable bonds is 5. The maximum absolute atomic E-state index is 11.4. The first-order chi connectivity index (χ1) is 6.66. The van der Waals surface area contributed by atoms with Crippen molar-refractivity contribution in [1.82, 2.24) is 4.72 Å². The van der Waals surface area contributed by atoms with Gasteiger partial charge < -0.3 is 10.9 Å². The van der Waals surface area contributed by atoms with Crippen LogP contribution in [0.2, 0.25) is 0 Å². The molecule has 0 aliphatic rings. The number of nitrogens with two attached hydrogens (primary N) is 1. The van der Waals surface area contributed by atoms with Crippen molar-refractivity contribution in [3.63, 3.8) is 0 Å². The maximum atomic E-state index is 11.4. The highest BCUT2D eigenvalue weighted by atomic mass is 32.2. The van der Waals surface area contributed by atoms with E-state index in [0.717, 1.165) is 0 Å². The van der Waals surface area contributed by atoms with E-state index >= 15 is 0 Å². The predicted octanol–water partition coefficient (Wildman–Crippen LogP) is 0.0884. The molecule has 0 aromatic carbocycles. The second-order valence-corrected chi connectivity index (χ2v) is 6.47. The van der Waals surface area contributed by atoms with E-state index in [9.17, 15) is 8.42 Å². The van der Waals surface area contributed by atoms with Crippen molar-refractivity contribution in [2.75, 3.05) is 12.3 Å². The molecule has 0 aliphatic carbocycles. The van der Waals surface area contributed by atoms with Crippen LogP contribution in [0.1, 0.15) is 27.2 Å². The summed E-state index contributed by atoms with van der Waals surface area (Å²) in [5, 5.41) is 10.9. The minimum Gasteiger partial charge on any atom is -0.409 e. The molecular formula is C8H19N3O3S. The monoisotopic (exact) mass is 237 g/mol. The highest BCUT2D eigenvalue weighted by Crippen LogP contribution is 2.18. The summed E-state index contributed by atoms with van der Waals surface area (Å²) in [4.78, 5) is 0. The molecule has 0 aromatic heterocycles. The Hall–Kier alpha value is -0.820. The number of hydrogen-bond acceptors (Lipinski definition) is 4. The molecule has 0 bridgehead atoms. The van der Waals surface area contributed by atoms with Gasteiger partial charge in [-0.25, -0.2) is 13.1 Å². The van der Waals surface area contributed by atoms with Crippen LogP contribution in [0.5, 0.6) is 0 Å². The second-order valence-electron chi connectivity index (χ2n) is 4.54. The van der Waals surface area contributed by atoms with Gasteiger partial charge >= 0.3 is 0 Å². The molecule has 0 aromatic rings. The molecule has 0 atom stereocenters. The molecule has 0 saturated carbocycles. The zero-order valence-electron chi connectivity index (χ0n) is 9.32. The third kappa shape index (κ3) is 8.19. The van der Waals surface area contributed by atoms with Gasteiger partial charge in [-0.3, -0.25) is 0 Å². The van der Waals surface area contributed by atoms with Gasteiger partial charge in [-0.05, 0) is 11.8 Å². The van der Waals surface area contributed by atoms with Crippen molar-refractivity contribution in [2.45, 2.75) is 27.2 Å². The van der Waals surface area contributed by atoms with Crippen LogP contribution < -0.4 is 10.5 Å². The molecule has 0 rings (SSSR count). The van der Waals surface area contributed by atoms with Crippen molar-refractivity contribution in [3.05, 3.63) is 0 Å². The SMILES string of the molecule is CC(C)(C)CCS(=O)(=O)NCC(N)=NO. The Morgan fingerprint density at radius 2 is 2.00 bits per heavy atom. The van der Waals surface area contributed by atoms with E-state index in [1.165, 1.54) is 0 Å². The molecule has 0 saturated heterocycles. The van der Waals surface area contributed by atoms with E-state index in [-0.39, 0.29) is 23.5 Å². The molecule has 7 heteroatoms. The van der Waals surface area contributed by atoms with Crippen LogP contribution in [0, 0.1) is 5.41 Å². The number of oxime groups is 1. The fraction of sp³-hybridized carbons (Fsp3) is 0.875. The van der Waals surface area contributed by atoms with Crippen LogP contribution >= 0.6 is 0 Å². The summed E-state index contributed by atoms with van der Waals surface area (Å²) in [5.41, 5.74) is 5.10. The Balaban J connectivity index is 4.10. The lowest BCUT2D eigenvalue weighted by Crippen LogP contribution is -2.35. The predicted molar refractivity (Wildman–Crippen MR) is 59.3 cm³/mol. The van der Waals surface area contributed by atoms with E-state index in [1.54, 1.807) is 0 Å². The molecule has 0 unspecified atom stereocenters. The van der Waals surface area contributed by atoms with E-state index < -0.39 is 10.0 Å². The highest BCUT2D eigenvalue weighted by molar-refractivity contribution is 7.89. The second kappa shape index (κ2) is 5.32. The number of nitrogens with zero attached hydrogens (tertiary/aromatic N) is 1. The molecule has 90 valence electrons. The first kappa shape index (κ1) is 14.2. The summed E-state index contributed by atoms with van der Waals surface area (Å²) in [6.07, 6.45) is 0.554. The maximum Gasteiger partial charge on any atom is 0.212 e. The van der Waals surface area contributed by atoms with Crippen molar-refractivity contribution < 1.29 is 13.6 Å². The summed E-state index contributed by atoms with van der Waals surface area (Å²) in [5.74, 6) is -0.121.